The van der Waals surface area contributed by atoms with E-state index in [9.17, 15) is 9.59 Å². The quantitative estimate of drug-likeness (QED) is 0.613. The minimum Gasteiger partial charge on any atom is -0.349 e. The summed E-state index contributed by atoms with van der Waals surface area (Å²) >= 11 is 1.50. The van der Waals surface area contributed by atoms with E-state index in [0.717, 1.165) is 29.6 Å². The molecule has 164 valence electrons. The van der Waals surface area contributed by atoms with Crippen LogP contribution in [0.4, 0.5) is 0 Å². The Morgan fingerprint density at radius 1 is 1.10 bits per heavy atom. The topological polar surface area (TPSA) is 49.4 Å². The maximum absolute atomic E-state index is 13.0. The third-order valence-corrected chi connectivity index (χ3v) is 8.85. The zero-order chi connectivity index (χ0) is 21.1. The fourth-order valence-corrected chi connectivity index (χ4v) is 6.96. The highest BCUT2D eigenvalue weighted by molar-refractivity contribution is 8.00. The summed E-state index contributed by atoms with van der Waals surface area (Å²) in [7, 11) is 1.94. The van der Waals surface area contributed by atoms with Crippen LogP contribution in [-0.4, -0.2) is 41.6 Å². The molecule has 1 aromatic carbocycles. The van der Waals surface area contributed by atoms with E-state index in [1.165, 1.54) is 56.7 Å². The van der Waals surface area contributed by atoms with Crippen molar-refractivity contribution in [2.45, 2.75) is 81.7 Å². The van der Waals surface area contributed by atoms with Crippen molar-refractivity contribution in [2.75, 3.05) is 12.8 Å². The Kier molecular flexibility index (Phi) is 7.07. The maximum Gasteiger partial charge on any atom is 0.252 e. The molecule has 1 aromatic rings. The fourth-order valence-electron chi connectivity index (χ4n) is 5.99. The van der Waals surface area contributed by atoms with Crippen LogP contribution in [0.5, 0.6) is 0 Å². The van der Waals surface area contributed by atoms with Gasteiger partial charge in [0.1, 0.15) is 0 Å². The first kappa shape index (κ1) is 21.7. The third kappa shape index (κ3) is 4.87. The lowest BCUT2D eigenvalue weighted by molar-refractivity contribution is -0.129. The van der Waals surface area contributed by atoms with Crippen LogP contribution in [0, 0.1) is 17.8 Å². The number of nitrogens with one attached hydrogen (secondary N) is 1. The molecule has 0 aromatic heterocycles. The second kappa shape index (κ2) is 9.76. The van der Waals surface area contributed by atoms with Gasteiger partial charge in [-0.05, 0) is 68.9 Å². The predicted molar refractivity (Wildman–Crippen MR) is 123 cm³/mol. The Hall–Kier alpha value is -1.49. The molecule has 0 saturated heterocycles. The van der Waals surface area contributed by atoms with Gasteiger partial charge in [-0.1, -0.05) is 37.8 Å². The van der Waals surface area contributed by atoms with Crippen LogP contribution >= 0.6 is 11.8 Å². The molecule has 3 aliphatic carbocycles. The number of thioether (sulfide) groups is 1. The lowest BCUT2D eigenvalue weighted by Crippen LogP contribution is -2.40. The molecule has 3 saturated carbocycles. The SMILES string of the molecule is CC(NC(=O)c1ccccc1SCC(=O)N(C)C1CCCCC1)C1CC2CCC1C2. The van der Waals surface area contributed by atoms with Gasteiger partial charge in [0.05, 0.1) is 11.3 Å². The van der Waals surface area contributed by atoms with Crippen molar-refractivity contribution in [2.24, 2.45) is 17.8 Å². The molecule has 4 nitrogen and oxygen atoms in total. The summed E-state index contributed by atoms with van der Waals surface area (Å²) < 4.78 is 0. The molecule has 3 fully saturated rings. The Labute approximate surface area is 185 Å². The highest BCUT2D eigenvalue weighted by atomic mass is 32.2. The molecule has 2 amide bonds. The molecule has 5 heteroatoms. The molecule has 4 unspecified atom stereocenters. The van der Waals surface area contributed by atoms with Crippen LogP contribution < -0.4 is 5.32 Å². The largest absolute Gasteiger partial charge is 0.349 e. The van der Waals surface area contributed by atoms with Gasteiger partial charge in [0, 0.05) is 24.0 Å². The molecule has 3 aliphatic rings. The number of benzene rings is 1. The van der Waals surface area contributed by atoms with Crippen LogP contribution in [0.2, 0.25) is 0 Å². The lowest BCUT2D eigenvalue weighted by Gasteiger charge is -2.31. The van der Waals surface area contributed by atoms with Gasteiger partial charge in [0.15, 0.2) is 0 Å². The van der Waals surface area contributed by atoms with E-state index in [1.807, 2.05) is 36.2 Å². The summed E-state index contributed by atoms with van der Waals surface area (Å²) in [5, 5.41) is 3.28. The first-order valence-corrected chi connectivity index (χ1v) is 12.8. The first-order valence-electron chi connectivity index (χ1n) is 11.8. The third-order valence-electron chi connectivity index (χ3n) is 7.79. The molecule has 4 atom stereocenters. The highest BCUT2D eigenvalue weighted by Gasteiger charge is 2.42. The number of carbonyl (C=O) groups excluding carboxylic acids is 2. The van der Waals surface area contributed by atoms with Gasteiger partial charge in [-0.25, -0.2) is 0 Å². The van der Waals surface area contributed by atoms with Crippen molar-refractivity contribution < 1.29 is 9.59 Å². The van der Waals surface area contributed by atoms with E-state index < -0.39 is 0 Å². The van der Waals surface area contributed by atoms with Gasteiger partial charge >= 0.3 is 0 Å². The average Bonchev–Trinajstić information content (AvgIpc) is 3.41. The van der Waals surface area contributed by atoms with Gasteiger partial charge in [-0.3, -0.25) is 9.59 Å². The summed E-state index contributed by atoms with van der Waals surface area (Å²) in [4.78, 5) is 28.6. The number of nitrogens with zero attached hydrogens (tertiary/aromatic N) is 1. The second-order valence-corrected chi connectivity index (χ2v) is 10.7. The minimum absolute atomic E-state index is 0.00135. The van der Waals surface area contributed by atoms with Crippen molar-refractivity contribution >= 4 is 23.6 Å². The van der Waals surface area contributed by atoms with Gasteiger partial charge in [-0.15, -0.1) is 11.8 Å². The molecule has 0 heterocycles. The Bertz CT molecular complexity index is 761. The number of rotatable bonds is 7. The first-order chi connectivity index (χ1) is 14.5. The predicted octanol–water partition coefficient (Wildman–Crippen LogP) is 5.12. The zero-order valence-electron chi connectivity index (χ0n) is 18.4. The number of hydrogen-bond donors (Lipinski definition) is 1. The van der Waals surface area contributed by atoms with Crippen molar-refractivity contribution in [1.82, 2.24) is 10.2 Å². The summed E-state index contributed by atoms with van der Waals surface area (Å²) in [5.74, 6) is 2.86. The number of carbonyl (C=O) groups is 2. The molecule has 2 bridgehead atoms. The van der Waals surface area contributed by atoms with Crippen molar-refractivity contribution in [3.63, 3.8) is 0 Å². The number of hydrogen-bond acceptors (Lipinski definition) is 3. The Morgan fingerprint density at radius 3 is 2.57 bits per heavy atom. The number of fused-ring (bicyclic) bond motifs is 2. The van der Waals surface area contributed by atoms with Crippen LogP contribution in [0.15, 0.2) is 29.2 Å². The zero-order valence-corrected chi connectivity index (χ0v) is 19.3. The van der Waals surface area contributed by atoms with E-state index in [4.69, 9.17) is 0 Å². The average molecular weight is 429 g/mol. The molecular weight excluding hydrogens is 392 g/mol. The van der Waals surface area contributed by atoms with E-state index in [0.29, 0.717) is 23.3 Å². The lowest BCUT2D eigenvalue weighted by atomic mass is 9.84. The van der Waals surface area contributed by atoms with E-state index >= 15 is 0 Å². The molecule has 4 rings (SSSR count). The van der Waals surface area contributed by atoms with Gasteiger partial charge in [0.2, 0.25) is 5.91 Å². The molecule has 0 aliphatic heterocycles. The minimum atomic E-state index is 0.00135. The smallest absolute Gasteiger partial charge is 0.252 e. The highest BCUT2D eigenvalue weighted by Crippen LogP contribution is 2.49. The van der Waals surface area contributed by atoms with E-state index in [1.54, 1.807) is 0 Å². The second-order valence-electron chi connectivity index (χ2n) is 9.68. The van der Waals surface area contributed by atoms with Gasteiger partial charge < -0.3 is 10.2 Å². The molecule has 1 N–H and O–H groups in total. The molecule has 0 spiro atoms. The normalized spacial score (nSPS) is 27.1. The standard InChI is InChI=1S/C25H36N2O2S/c1-17(22-15-18-12-13-19(22)14-18)26-25(29)21-10-6-7-11-23(21)30-16-24(28)27(2)20-8-4-3-5-9-20/h6-7,10-11,17-20,22H,3-5,8-9,12-16H2,1-2H3,(H,26,29). The van der Waals surface area contributed by atoms with Gasteiger partial charge in [-0.2, -0.15) is 0 Å². The monoisotopic (exact) mass is 428 g/mol. The van der Waals surface area contributed by atoms with Crippen molar-refractivity contribution in [3.05, 3.63) is 29.8 Å². The summed E-state index contributed by atoms with van der Waals surface area (Å²) in [6.07, 6.45) is 11.3. The summed E-state index contributed by atoms with van der Waals surface area (Å²) in [5.41, 5.74) is 0.700. The van der Waals surface area contributed by atoms with E-state index in [2.05, 4.69) is 12.2 Å². The van der Waals surface area contributed by atoms with Crippen LogP contribution in [-0.2, 0) is 4.79 Å². The molecule has 0 radical (unpaired) electrons. The van der Waals surface area contributed by atoms with Crippen molar-refractivity contribution in [1.29, 1.82) is 0 Å². The van der Waals surface area contributed by atoms with E-state index in [-0.39, 0.29) is 17.9 Å². The molecule has 30 heavy (non-hydrogen) atoms. The van der Waals surface area contributed by atoms with Crippen LogP contribution in [0.1, 0.15) is 75.1 Å². The fraction of sp³-hybridized carbons (Fsp3) is 0.680. The summed E-state index contributed by atoms with van der Waals surface area (Å²) in [6, 6.07) is 8.32. The summed E-state index contributed by atoms with van der Waals surface area (Å²) in [6.45, 7) is 2.17. The van der Waals surface area contributed by atoms with Crippen molar-refractivity contribution in [3.8, 4) is 0 Å². The Morgan fingerprint density at radius 2 is 1.87 bits per heavy atom. The number of amides is 2. The molecular formula is C25H36N2O2S. The van der Waals surface area contributed by atoms with Crippen LogP contribution in [0.3, 0.4) is 0 Å². The maximum atomic E-state index is 13.0. The van der Waals surface area contributed by atoms with Crippen LogP contribution in [0.25, 0.3) is 0 Å². The Balaban J connectivity index is 1.33. The van der Waals surface area contributed by atoms with Gasteiger partial charge in [0.25, 0.3) is 5.91 Å².